The number of aromatic nitrogens is 3. The predicted molar refractivity (Wildman–Crippen MR) is 106 cm³/mol. The van der Waals surface area contributed by atoms with Crippen LogP contribution in [0.15, 0.2) is 24.3 Å². The summed E-state index contributed by atoms with van der Waals surface area (Å²) >= 11 is 0. The summed E-state index contributed by atoms with van der Waals surface area (Å²) in [6.45, 7) is 8.52. The molecule has 1 aliphatic heterocycles. The van der Waals surface area contributed by atoms with Gasteiger partial charge in [0.15, 0.2) is 5.69 Å². The Hall–Kier alpha value is -2.25. The summed E-state index contributed by atoms with van der Waals surface area (Å²) in [4.78, 5) is 12.5. The van der Waals surface area contributed by atoms with E-state index in [4.69, 9.17) is 5.73 Å². The number of hydrogen-bond donors (Lipinski definition) is 3. The second kappa shape index (κ2) is 8.63. The van der Waals surface area contributed by atoms with Gasteiger partial charge >= 0.3 is 0 Å². The van der Waals surface area contributed by atoms with Crippen molar-refractivity contribution >= 4 is 5.91 Å². The largest absolute Gasteiger partial charge is 0.349 e. The molecule has 1 aliphatic rings. The summed E-state index contributed by atoms with van der Waals surface area (Å²) in [5.41, 5.74) is 9.73. The number of benzene rings is 1. The minimum atomic E-state index is -0.255. The van der Waals surface area contributed by atoms with Crippen LogP contribution in [0.4, 0.5) is 0 Å². The predicted octanol–water partition coefficient (Wildman–Crippen LogP) is 2.06. The first-order valence-corrected chi connectivity index (χ1v) is 9.73. The van der Waals surface area contributed by atoms with Crippen LogP contribution in [0.3, 0.4) is 0 Å². The van der Waals surface area contributed by atoms with Crippen LogP contribution in [0.2, 0.25) is 0 Å². The van der Waals surface area contributed by atoms with E-state index < -0.39 is 0 Å². The first-order chi connectivity index (χ1) is 13.0. The molecule has 1 aromatic carbocycles. The third-order valence-corrected chi connectivity index (χ3v) is 5.31. The van der Waals surface area contributed by atoms with E-state index in [1.54, 1.807) is 0 Å². The van der Waals surface area contributed by atoms with E-state index in [0.29, 0.717) is 24.2 Å². The number of hydrogen-bond acceptors (Lipinski definition) is 5. The number of piperidine rings is 1. The van der Waals surface area contributed by atoms with Gasteiger partial charge in [0, 0.05) is 12.6 Å². The van der Waals surface area contributed by atoms with Gasteiger partial charge in [0.25, 0.3) is 5.91 Å². The Morgan fingerprint density at radius 1 is 1.26 bits per heavy atom. The second-order valence-electron chi connectivity index (χ2n) is 7.59. The maximum Gasteiger partial charge on any atom is 0.273 e. The molecule has 1 fully saturated rings. The van der Waals surface area contributed by atoms with Crippen LogP contribution >= 0.6 is 0 Å². The second-order valence-corrected chi connectivity index (χ2v) is 7.59. The highest BCUT2D eigenvalue weighted by atomic mass is 16.2. The number of carbonyl (C=O) groups excluding carboxylic acids is 1. The molecule has 2 heterocycles. The fraction of sp³-hybridized carbons (Fsp3) is 0.550. The minimum Gasteiger partial charge on any atom is -0.349 e. The van der Waals surface area contributed by atoms with E-state index in [-0.39, 0.29) is 11.9 Å². The Labute approximate surface area is 160 Å². The van der Waals surface area contributed by atoms with Crippen LogP contribution < -0.4 is 16.4 Å². The van der Waals surface area contributed by atoms with Crippen molar-refractivity contribution in [1.82, 2.24) is 25.6 Å². The van der Waals surface area contributed by atoms with Gasteiger partial charge in [-0.3, -0.25) is 4.79 Å². The van der Waals surface area contributed by atoms with Gasteiger partial charge in [0.05, 0.1) is 11.7 Å². The molecule has 1 unspecified atom stereocenters. The highest BCUT2D eigenvalue weighted by Gasteiger charge is 2.23. The van der Waals surface area contributed by atoms with E-state index in [1.165, 1.54) is 5.56 Å². The van der Waals surface area contributed by atoms with Gasteiger partial charge in [-0.1, -0.05) is 43.3 Å². The van der Waals surface area contributed by atoms with E-state index in [0.717, 1.165) is 37.2 Å². The fourth-order valence-electron chi connectivity index (χ4n) is 3.48. The van der Waals surface area contributed by atoms with Gasteiger partial charge in [0.1, 0.15) is 0 Å². The number of carbonyl (C=O) groups is 1. The van der Waals surface area contributed by atoms with Crippen LogP contribution in [0.25, 0.3) is 0 Å². The first kappa shape index (κ1) is 19.5. The molecule has 27 heavy (non-hydrogen) atoms. The molecule has 4 N–H and O–H groups in total. The molecule has 2 aromatic rings. The summed E-state index contributed by atoms with van der Waals surface area (Å²) in [6.07, 6.45) is 2.00. The standard InChI is InChI=1S/C20H30N6O/c1-13(2)15-4-6-16(7-5-15)18(21)12-23-20(27)19-14(3)26(25-24-19)17-8-10-22-11-9-17/h4-7,13,17-18,22H,8-12,21H2,1-3H3,(H,23,27). The summed E-state index contributed by atoms with van der Waals surface area (Å²) in [6, 6.07) is 8.31. The zero-order valence-electron chi connectivity index (χ0n) is 16.4. The topological polar surface area (TPSA) is 97.9 Å². The lowest BCUT2D eigenvalue weighted by atomic mass is 9.99. The Morgan fingerprint density at radius 2 is 1.89 bits per heavy atom. The lowest BCUT2D eigenvalue weighted by molar-refractivity contribution is 0.0945. The fourth-order valence-corrected chi connectivity index (χ4v) is 3.48. The van der Waals surface area contributed by atoms with Crippen molar-refractivity contribution in [3.05, 3.63) is 46.8 Å². The van der Waals surface area contributed by atoms with Crippen molar-refractivity contribution in [2.75, 3.05) is 19.6 Å². The van der Waals surface area contributed by atoms with Gasteiger partial charge in [0.2, 0.25) is 0 Å². The van der Waals surface area contributed by atoms with Crippen LogP contribution in [-0.4, -0.2) is 40.5 Å². The molecular formula is C20H30N6O. The van der Waals surface area contributed by atoms with E-state index in [2.05, 4.69) is 46.9 Å². The summed E-state index contributed by atoms with van der Waals surface area (Å²) in [5.74, 6) is 0.266. The van der Waals surface area contributed by atoms with Crippen molar-refractivity contribution in [1.29, 1.82) is 0 Å². The van der Waals surface area contributed by atoms with Crippen molar-refractivity contribution in [2.45, 2.75) is 51.6 Å². The monoisotopic (exact) mass is 370 g/mol. The molecule has 0 saturated carbocycles. The lowest BCUT2D eigenvalue weighted by Crippen LogP contribution is -2.33. The molecule has 0 bridgehead atoms. The van der Waals surface area contributed by atoms with Gasteiger partial charge in [-0.25, -0.2) is 4.68 Å². The van der Waals surface area contributed by atoms with Gasteiger partial charge in [-0.2, -0.15) is 0 Å². The Morgan fingerprint density at radius 3 is 2.52 bits per heavy atom. The Balaban J connectivity index is 1.59. The highest BCUT2D eigenvalue weighted by molar-refractivity contribution is 5.93. The van der Waals surface area contributed by atoms with E-state index >= 15 is 0 Å². The van der Waals surface area contributed by atoms with Crippen molar-refractivity contribution in [2.24, 2.45) is 5.73 Å². The lowest BCUT2D eigenvalue weighted by Gasteiger charge is -2.23. The van der Waals surface area contributed by atoms with Gasteiger partial charge < -0.3 is 16.4 Å². The third kappa shape index (κ3) is 4.54. The van der Waals surface area contributed by atoms with Crippen LogP contribution in [0, 0.1) is 6.92 Å². The summed E-state index contributed by atoms with van der Waals surface area (Å²) < 4.78 is 1.89. The quantitative estimate of drug-likeness (QED) is 0.723. The van der Waals surface area contributed by atoms with E-state index in [9.17, 15) is 4.79 Å². The average molecular weight is 371 g/mol. The molecule has 1 amide bonds. The van der Waals surface area contributed by atoms with Crippen molar-refractivity contribution in [3.8, 4) is 0 Å². The van der Waals surface area contributed by atoms with Crippen LogP contribution in [-0.2, 0) is 0 Å². The highest BCUT2D eigenvalue weighted by Crippen LogP contribution is 2.20. The van der Waals surface area contributed by atoms with E-state index in [1.807, 2.05) is 23.7 Å². The van der Waals surface area contributed by atoms with Crippen molar-refractivity contribution < 1.29 is 4.79 Å². The number of amides is 1. The molecule has 1 aromatic heterocycles. The SMILES string of the molecule is Cc1c(C(=O)NCC(N)c2ccc(C(C)C)cc2)nnn1C1CCNCC1. The molecule has 0 spiro atoms. The number of nitrogens with zero attached hydrogens (tertiary/aromatic N) is 3. The molecule has 146 valence electrons. The normalized spacial score (nSPS) is 16.5. The van der Waals surface area contributed by atoms with Crippen LogP contribution in [0.5, 0.6) is 0 Å². The number of nitrogens with one attached hydrogen (secondary N) is 2. The smallest absolute Gasteiger partial charge is 0.273 e. The number of nitrogens with two attached hydrogens (primary N) is 1. The van der Waals surface area contributed by atoms with Crippen molar-refractivity contribution in [3.63, 3.8) is 0 Å². The molecule has 3 rings (SSSR count). The molecule has 0 radical (unpaired) electrons. The Bertz CT molecular complexity index is 761. The zero-order chi connectivity index (χ0) is 19.4. The minimum absolute atomic E-state index is 0.220. The van der Waals surface area contributed by atoms with Gasteiger partial charge in [-0.05, 0) is 49.9 Å². The summed E-state index contributed by atoms with van der Waals surface area (Å²) in [5, 5.41) is 14.6. The van der Waals surface area contributed by atoms with Gasteiger partial charge in [-0.15, -0.1) is 5.10 Å². The third-order valence-electron chi connectivity index (χ3n) is 5.31. The molecule has 7 heteroatoms. The zero-order valence-corrected chi connectivity index (χ0v) is 16.4. The number of rotatable bonds is 6. The molecule has 1 saturated heterocycles. The molecule has 1 atom stereocenters. The summed E-state index contributed by atoms with van der Waals surface area (Å²) in [7, 11) is 0. The van der Waals surface area contributed by atoms with Crippen LogP contribution in [0.1, 0.15) is 72.0 Å². The maximum atomic E-state index is 12.5. The average Bonchev–Trinajstić information content (AvgIpc) is 3.08. The Kier molecular flexibility index (Phi) is 6.23. The first-order valence-electron chi connectivity index (χ1n) is 9.73. The molecule has 7 nitrogen and oxygen atoms in total. The maximum absolute atomic E-state index is 12.5. The molecule has 0 aliphatic carbocycles. The molecular weight excluding hydrogens is 340 g/mol.